The van der Waals surface area contributed by atoms with E-state index in [4.69, 9.17) is 4.74 Å². The monoisotopic (exact) mass is 269 g/mol. The van der Waals surface area contributed by atoms with Gasteiger partial charge in [-0.05, 0) is 31.5 Å². The predicted molar refractivity (Wildman–Crippen MR) is 69.6 cm³/mol. The lowest BCUT2D eigenvalue weighted by atomic mass is 10.2. The third-order valence-corrected chi connectivity index (χ3v) is 3.28. The average Bonchev–Trinajstić information content (AvgIpc) is 2.56. The van der Waals surface area contributed by atoms with Crippen molar-refractivity contribution in [3.05, 3.63) is 29.6 Å². The predicted octanol–water partition coefficient (Wildman–Crippen LogP) is 2.37. The summed E-state index contributed by atoms with van der Waals surface area (Å²) in [5.74, 6) is -0.509. The zero-order valence-electron chi connectivity index (χ0n) is 10.2. The van der Waals surface area contributed by atoms with Gasteiger partial charge in [0.25, 0.3) is 5.91 Å². The zero-order valence-corrected chi connectivity index (χ0v) is 11.1. The molecule has 2 rings (SSSR count). The number of amides is 1. The number of thiol groups is 1. The van der Waals surface area contributed by atoms with Gasteiger partial charge in [0, 0.05) is 30.2 Å². The summed E-state index contributed by atoms with van der Waals surface area (Å²) in [6, 6.07) is 4.23. The molecule has 1 aromatic carbocycles. The summed E-state index contributed by atoms with van der Waals surface area (Å²) in [4.78, 5) is 14.2. The molecule has 0 aliphatic carbocycles. The van der Waals surface area contributed by atoms with Crippen molar-refractivity contribution < 1.29 is 13.9 Å². The van der Waals surface area contributed by atoms with Gasteiger partial charge in [-0.15, -0.1) is 12.6 Å². The van der Waals surface area contributed by atoms with Crippen LogP contribution in [0.15, 0.2) is 23.1 Å². The lowest BCUT2D eigenvalue weighted by molar-refractivity contribution is 0.0562. The van der Waals surface area contributed by atoms with Gasteiger partial charge in [-0.25, -0.2) is 4.39 Å². The molecule has 1 fully saturated rings. The molecule has 98 valence electrons. The number of rotatable bonds is 1. The molecule has 0 radical (unpaired) electrons. The summed E-state index contributed by atoms with van der Waals surface area (Å²) in [6.45, 7) is 3.85. The Labute approximate surface area is 111 Å². The quantitative estimate of drug-likeness (QED) is 0.793. The number of halogens is 1. The Morgan fingerprint density at radius 2 is 2.33 bits per heavy atom. The van der Waals surface area contributed by atoms with Crippen LogP contribution in [-0.2, 0) is 4.74 Å². The van der Waals surface area contributed by atoms with E-state index in [2.05, 4.69) is 12.6 Å². The first-order chi connectivity index (χ1) is 8.58. The van der Waals surface area contributed by atoms with Gasteiger partial charge >= 0.3 is 0 Å². The van der Waals surface area contributed by atoms with Crippen LogP contribution in [-0.4, -0.2) is 36.6 Å². The van der Waals surface area contributed by atoms with Crippen LogP contribution >= 0.6 is 12.6 Å². The smallest absolute Gasteiger partial charge is 0.253 e. The summed E-state index contributed by atoms with van der Waals surface area (Å²) in [6.07, 6.45) is 0.859. The SMILES string of the molecule is CC1CN(C(=O)c2ccc(F)c(S)c2)CCCO1. The summed E-state index contributed by atoms with van der Waals surface area (Å²) < 4.78 is 18.6. The van der Waals surface area contributed by atoms with E-state index in [1.165, 1.54) is 18.2 Å². The molecule has 1 aliphatic heterocycles. The number of ether oxygens (including phenoxy) is 1. The molecule has 1 saturated heterocycles. The number of hydrogen-bond acceptors (Lipinski definition) is 3. The first-order valence-corrected chi connectivity index (χ1v) is 6.42. The van der Waals surface area contributed by atoms with Crippen molar-refractivity contribution in [1.82, 2.24) is 4.90 Å². The number of carbonyl (C=O) groups is 1. The van der Waals surface area contributed by atoms with Gasteiger partial charge in [0.05, 0.1) is 6.10 Å². The number of carbonyl (C=O) groups excluding carboxylic acids is 1. The van der Waals surface area contributed by atoms with Crippen molar-refractivity contribution in [2.45, 2.75) is 24.3 Å². The van der Waals surface area contributed by atoms with Crippen molar-refractivity contribution >= 4 is 18.5 Å². The van der Waals surface area contributed by atoms with Gasteiger partial charge in [0.15, 0.2) is 0 Å². The van der Waals surface area contributed by atoms with E-state index in [-0.39, 0.29) is 16.9 Å². The van der Waals surface area contributed by atoms with E-state index >= 15 is 0 Å². The van der Waals surface area contributed by atoms with E-state index in [9.17, 15) is 9.18 Å². The fraction of sp³-hybridized carbons (Fsp3) is 0.462. The van der Waals surface area contributed by atoms with Gasteiger partial charge in [-0.2, -0.15) is 0 Å². The maximum absolute atomic E-state index is 13.1. The molecule has 1 heterocycles. The van der Waals surface area contributed by atoms with E-state index in [0.717, 1.165) is 6.42 Å². The Kier molecular flexibility index (Phi) is 4.24. The Balaban J connectivity index is 2.16. The van der Waals surface area contributed by atoms with Gasteiger partial charge in [-0.3, -0.25) is 4.79 Å². The summed E-state index contributed by atoms with van der Waals surface area (Å²) in [5, 5.41) is 0. The van der Waals surface area contributed by atoms with Gasteiger partial charge in [0.1, 0.15) is 5.82 Å². The van der Waals surface area contributed by atoms with Crippen molar-refractivity contribution in [3.63, 3.8) is 0 Å². The number of hydrogen-bond donors (Lipinski definition) is 1. The molecular weight excluding hydrogens is 253 g/mol. The molecule has 0 saturated carbocycles. The molecule has 1 atom stereocenters. The second-order valence-electron chi connectivity index (χ2n) is 4.45. The van der Waals surface area contributed by atoms with E-state index in [1.807, 2.05) is 6.92 Å². The summed E-state index contributed by atoms with van der Waals surface area (Å²) in [5.41, 5.74) is 0.468. The summed E-state index contributed by atoms with van der Waals surface area (Å²) in [7, 11) is 0. The van der Waals surface area contributed by atoms with Crippen LogP contribution in [0, 0.1) is 5.82 Å². The van der Waals surface area contributed by atoms with Crippen molar-refractivity contribution in [3.8, 4) is 0 Å². The molecule has 1 unspecified atom stereocenters. The zero-order chi connectivity index (χ0) is 13.1. The fourth-order valence-corrected chi connectivity index (χ4v) is 2.22. The third kappa shape index (κ3) is 3.03. The molecule has 0 bridgehead atoms. The first-order valence-electron chi connectivity index (χ1n) is 5.97. The van der Waals surface area contributed by atoms with Crippen LogP contribution < -0.4 is 0 Å². The standard InChI is InChI=1S/C13H16FNO2S/c1-9-8-15(5-2-6-17-9)13(16)10-3-4-11(14)12(18)7-10/h3-4,7,9,18H,2,5-6,8H2,1H3. The molecule has 0 N–H and O–H groups in total. The highest BCUT2D eigenvalue weighted by atomic mass is 32.1. The highest BCUT2D eigenvalue weighted by Crippen LogP contribution is 2.17. The molecule has 0 spiro atoms. The fourth-order valence-electron chi connectivity index (χ4n) is 2.01. The molecule has 1 aromatic rings. The van der Waals surface area contributed by atoms with Crippen LogP contribution in [0.25, 0.3) is 0 Å². The Morgan fingerprint density at radius 1 is 1.56 bits per heavy atom. The minimum atomic E-state index is -0.414. The third-order valence-electron chi connectivity index (χ3n) is 2.93. The second kappa shape index (κ2) is 5.71. The second-order valence-corrected chi connectivity index (χ2v) is 4.93. The van der Waals surface area contributed by atoms with E-state index < -0.39 is 5.82 Å². The van der Waals surface area contributed by atoms with Gasteiger partial charge in [-0.1, -0.05) is 0 Å². The molecule has 0 aromatic heterocycles. The van der Waals surface area contributed by atoms with Crippen LogP contribution in [0.4, 0.5) is 4.39 Å². The first kappa shape index (κ1) is 13.4. The van der Waals surface area contributed by atoms with Crippen LogP contribution in [0.2, 0.25) is 0 Å². The normalized spacial score (nSPS) is 20.6. The van der Waals surface area contributed by atoms with E-state index in [0.29, 0.717) is 25.3 Å². The highest BCUT2D eigenvalue weighted by Gasteiger charge is 2.21. The molecule has 3 nitrogen and oxygen atoms in total. The lowest BCUT2D eigenvalue weighted by Crippen LogP contribution is -2.35. The highest BCUT2D eigenvalue weighted by molar-refractivity contribution is 7.80. The average molecular weight is 269 g/mol. The van der Waals surface area contributed by atoms with Crippen molar-refractivity contribution in [2.75, 3.05) is 19.7 Å². The topological polar surface area (TPSA) is 29.5 Å². The molecule has 18 heavy (non-hydrogen) atoms. The summed E-state index contributed by atoms with van der Waals surface area (Å²) >= 11 is 3.99. The van der Waals surface area contributed by atoms with E-state index in [1.54, 1.807) is 4.90 Å². The Morgan fingerprint density at radius 3 is 3.06 bits per heavy atom. The Hall–Kier alpha value is -1.07. The van der Waals surface area contributed by atoms with Gasteiger partial charge in [0.2, 0.25) is 0 Å². The number of nitrogens with zero attached hydrogens (tertiary/aromatic N) is 1. The lowest BCUT2D eigenvalue weighted by Gasteiger charge is -2.22. The molecular formula is C13H16FNO2S. The maximum Gasteiger partial charge on any atom is 0.253 e. The van der Waals surface area contributed by atoms with Crippen LogP contribution in [0.5, 0.6) is 0 Å². The molecule has 1 amide bonds. The minimum absolute atomic E-state index is 0.0346. The minimum Gasteiger partial charge on any atom is -0.377 e. The largest absolute Gasteiger partial charge is 0.377 e. The van der Waals surface area contributed by atoms with Crippen molar-refractivity contribution in [1.29, 1.82) is 0 Å². The maximum atomic E-state index is 13.1. The Bertz CT molecular complexity index is 453. The number of benzene rings is 1. The van der Waals surface area contributed by atoms with Crippen LogP contribution in [0.3, 0.4) is 0 Å². The van der Waals surface area contributed by atoms with Crippen LogP contribution in [0.1, 0.15) is 23.7 Å². The molecule has 1 aliphatic rings. The van der Waals surface area contributed by atoms with Gasteiger partial charge < -0.3 is 9.64 Å². The van der Waals surface area contributed by atoms with Crippen molar-refractivity contribution in [2.24, 2.45) is 0 Å². The molecule has 5 heteroatoms.